The molecule has 0 bridgehead atoms. The molecule has 1 aromatic carbocycles. The van der Waals surface area contributed by atoms with Crippen molar-refractivity contribution in [1.29, 1.82) is 0 Å². The third-order valence-corrected chi connectivity index (χ3v) is 4.94. The van der Waals surface area contributed by atoms with E-state index < -0.39 is 0 Å². The maximum absolute atomic E-state index is 11.8. The average Bonchev–Trinajstić information content (AvgIpc) is 2.51. The first-order valence-corrected chi connectivity index (χ1v) is 9.91. The van der Waals surface area contributed by atoms with Crippen molar-refractivity contribution in [2.45, 2.75) is 45.9 Å². The number of benzene rings is 1. The molecule has 4 nitrogen and oxygen atoms in total. The maximum atomic E-state index is 11.8. The molecule has 0 heterocycles. The summed E-state index contributed by atoms with van der Waals surface area (Å²) in [5, 5.41) is 2.97. The van der Waals surface area contributed by atoms with Gasteiger partial charge in [0.25, 0.3) is 0 Å². The van der Waals surface area contributed by atoms with E-state index in [1.165, 1.54) is 0 Å². The molecule has 23 heavy (non-hydrogen) atoms. The smallest absolute Gasteiger partial charge is 0.230 e. The van der Waals surface area contributed by atoms with Crippen LogP contribution in [0.15, 0.2) is 16.6 Å². The van der Waals surface area contributed by atoms with E-state index in [2.05, 4.69) is 28.2 Å². The molecule has 1 aromatic rings. The van der Waals surface area contributed by atoms with Gasteiger partial charge in [0.2, 0.25) is 5.91 Å². The molecule has 0 saturated heterocycles. The molecular weight excluding hydrogens is 378 g/mol. The van der Waals surface area contributed by atoms with Crippen LogP contribution in [0, 0.1) is 0 Å². The third kappa shape index (κ3) is 7.04. The van der Waals surface area contributed by atoms with Crippen LogP contribution in [0.4, 0.5) is 0 Å². The highest BCUT2D eigenvalue weighted by Gasteiger charge is 2.12. The molecule has 0 aliphatic heterocycles. The van der Waals surface area contributed by atoms with Crippen molar-refractivity contribution in [3.8, 4) is 11.5 Å². The molecule has 0 saturated carbocycles. The predicted molar refractivity (Wildman–Crippen MR) is 101 cm³/mol. The van der Waals surface area contributed by atoms with Crippen LogP contribution in [0.3, 0.4) is 0 Å². The number of amides is 1. The number of rotatable bonds is 10. The molecule has 0 aliphatic rings. The number of carbonyl (C=O) groups excluding carboxylic acids is 1. The van der Waals surface area contributed by atoms with E-state index >= 15 is 0 Å². The van der Waals surface area contributed by atoms with E-state index in [1.807, 2.05) is 32.9 Å². The Morgan fingerprint density at radius 1 is 1.22 bits per heavy atom. The van der Waals surface area contributed by atoms with E-state index in [0.717, 1.165) is 33.7 Å². The molecule has 6 heteroatoms. The van der Waals surface area contributed by atoms with Crippen LogP contribution >= 0.6 is 27.7 Å². The molecule has 1 amide bonds. The van der Waals surface area contributed by atoms with Crippen LogP contribution in [0.2, 0.25) is 0 Å². The normalized spacial score (nSPS) is 11.9. The number of hydrogen-bond acceptors (Lipinski definition) is 4. The van der Waals surface area contributed by atoms with Crippen molar-refractivity contribution < 1.29 is 14.3 Å². The van der Waals surface area contributed by atoms with Crippen molar-refractivity contribution in [3.05, 3.63) is 22.2 Å². The summed E-state index contributed by atoms with van der Waals surface area (Å²) in [6.07, 6.45) is 0.943. The molecule has 1 atom stereocenters. The Labute approximate surface area is 151 Å². The first-order valence-electron chi connectivity index (χ1n) is 7.96. The summed E-state index contributed by atoms with van der Waals surface area (Å²) >= 11 is 5.16. The van der Waals surface area contributed by atoms with Crippen LogP contribution in [-0.2, 0) is 10.5 Å². The lowest BCUT2D eigenvalue weighted by molar-refractivity contribution is -0.119. The summed E-state index contributed by atoms with van der Waals surface area (Å²) in [7, 11) is 0. The van der Waals surface area contributed by atoms with E-state index in [9.17, 15) is 4.79 Å². The Hall–Kier alpha value is -0.880. The van der Waals surface area contributed by atoms with Gasteiger partial charge in [0, 0.05) is 16.3 Å². The van der Waals surface area contributed by atoms with Crippen LogP contribution < -0.4 is 14.8 Å². The second kappa shape index (κ2) is 10.8. The number of ether oxygens (including phenoxy) is 2. The molecule has 130 valence electrons. The molecule has 0 aromatic heterocycles. The average molecular weight is 404 g/mol. The second-order valence-electron chi connectivity index (χ2n) is 5.13. The molecule has 0 aliphatic carbocycles. The zero-order valence-corrected chi connectivity index (χ0v) is 16.7. The fraction of sp³-hybridized carbons (Fsp3) is 0.588. The first-order chi connectivity index (χ1) is 11.0. The highest BCUT2D eigenvalue weighted by atomic mass is 79.9. The SMILES string of the molecule is CCOc1cc(Br)c(CSCC(=O)N[C@H](C)CC)cc1OCC. The van der Waals surface area contributed by atoms with Gasteiger partial charge in [0.05, 0.1) is 19.0 Å². The van der Waals surface area contributed by atoms with Gasteiger partial charge in [-0.1, -0.05) is 22.9 Å². The zero-order chi connectivity index (χ0) is 17.2. The van der Waals surface area contributed by atoms with Crippen molar-refractivity contribution in [1.82, 2.24) is 5.32 Å². The minimum absolute atomic E-state index is 0.0800. The van der Waals surface area contributed by atoms with Crippen molar-refractivity contribution >= 4 is 33.6 Å². The van der Waals surface area contributed by atoms with Crippen LogP contribution in [0.25, 0.3) is 0 Å². The number of halogens is 1. The lowest BCUT2D eigenvalue weighted by atomic mass is 10.2. The highest BCUT2D eigenvalue weighted by Crippen LogP contribution is 2.35. The largest absolute Gasteiger partial charge is 0.490 e. The molecule has 1 rings (SSSR count). The number of hydrogen-bond donors (Lipinski definition) is 1. The van der Waals surface area contributed by atoms with E-state index in [0.29, 0.717) is 19.0 Å². The van der Waals surface area contributed by atoms with E-state index in [4.69, 9.17) is 9.47 Å². The number of nitrogens with one attached hydrogen (secondary N) is 1. The van der Waals surface area contributed by atoms with Crippen LogP contribution in [-0.4, -0.2) is 30.9 Å². The van der Waals surface area contributed by atoms with E-state index in [-0.39, 0.29) is 11.9 Å². The Morgan fingerprint density at radius 3 is 2.39 bits per heavy atom. The van der Waals surface area contributed by atoms with Gasteiger partial charge < -0.3 is 14.8 Å². The van der Waals surface area contributed by atoms with Gasteiger partial charge in [-0.2, -0.15) is 0 Å². The van der Waals surface area contributed by atoms with Gasteiger partial charge in [0.1, 0.15) is 0 Å². The number of thioether (sulfide) groups is 1. The summed E-state index contributed by atoms with van der Waals surface area (Å²) in [4.78, 5) is 11.8. The van der Waals surface area contributed by atoms with Gasteiger partial charge in [-0.25, -0.2) is 0 Å². The molecule has 1 N–H and O–H groups in total. The lowest BCUT2D eigenvalue weighted by Gasteiger charge is -2.14. The van der Waals surface area contributed by atoms with Gasteiger partial charge in [-0.3, -0.25) is 4.79 Å². The lowest BCUT2D eigenvalue weighted by Crippen LogP contribution is -2.33. The summed E-state index contributed by atoms with van der Waals surface area (Å²) < 4.78 is 12.2. The van der Waals surface area contributed by atoms with Gasteiger partial charge in [0.15, 0.2) is 11.5 Å². The Balaban J connectivity index is 2.65. The highest BCUT2D eigenvalue weighted by molar-refractivity contribution is 9.10. The molecule has 0 radical (unpaired) electrons. The van der Waals surface area contributed by atoms with Crippen LogP contribution in [0.5, 0.6) is 11.5 Å². The Bertz CT molecular complexity index is 511. The fourth-order valence-electron chi connectivity index (χ4n) is 1.90. The second-order valence-corrected chi connectivity index (χ2v) is 6.97. The first kappa shape index (κ1) is 20.2. The molecule has 0 spiro atoms. The topological polar surface area (TPSA) is 47.6 Å². The fourth-order valence-corrected chi connectivity index (χ4v) is 3.37. The summed E-state index contributed by atoms with van der Waals surface area (Å²) in [6.45, 7) is 9.15. The predicted octanol–water partition coefficient (Wildman–Crippen LogP) is 4.39. The van der Waals surface area contributed by atoms with Gasteiger partial charge in [-0.15, -0.1) is 11.8 Å². The third-order valence-electron chi connectivity index (χ3n) is 3.22. The molecule has 0 unspecified atom stereocenters. The quantitative estimate of drug-likeness (QED) is 0.628. The number of carbonyl (C=O) groups is 1. The summed E-state index contributed by atoms with van der Waals surface area (Å²) in [6, 6.07) is 4.15. The van der Waals surface area contributed by atoms with Crippen molar-refractivity contribution in [2.75, 3.05) is 19.0 Å². The monoisotopic (exact) mass is 403 g/mol. The van der Waals surface area contributed by atoms with Crippen molar-refractivity contribution in [3.63, 3.8) is 0 Å². The van der Waals surface area contributed by atoms with Gasteiger partial charge in [-0.05, 0) is 44.9 Å². The molecular formula is C17H26BrNO3S. The zero-order valence-electron chi connectivity index (χ0n) is 14.3. The standard InChI is InChI=1S/C17H26BrNO3S/c1-5-12(4)19-17(20)11-23-10-13-8-15(21-6-2)16(22-7-3)9-14(13)18/h8-9,12H,5-7,10-11H2,1-4H3,(H,19,20)/t12-/m1/s1. The molecule has 0 fully saturated rings. The minimum Gasteiger partial charge on any atom is -0.490 e. The van der Waals surface area contributed by atoms with Crippen molar-refractivity contribution in [2.24, 2.45) is 0 Å². The van der Waals surface area contributed by atoms with Crippen LogP contribution in [0.1, 0.15) is 39.7 Å². The maximum Gasteiger partial charge on any atom is 0.230 e. The van der Waals surface area contributed by atoms with Gasteiger partial charge >= 0.3 is 0 Å². The van der Waals surface area contributed by atoms with E-state index in [1.54, 1.807) is 11.8 Å². The summed E-state index contributed by atoms with van der Waals surface area (Å²) in [5.41, 5.74) is 1.10. The Kier molecular flexibility index (Phi) is 9.48. The minimum atomic E-state index is 0.0800. The Morgan fingerprint density at radius 2 is 1.83 bits per heavy atom. The summed E-state index contributed by atoms with van der Waals surface area (Å²) in [5.74, 6) is 2.76.